The fraction of sp³-hybridized carbons (Fsp3) is 0.200. The maximum absolute atomic E-state index is 12.9. The lowest BCUT2D eigenvalue weighted by Crippen LogP contribution is -2.27. The van der Waals surface area contributed by atoms with Gasteiger partial charge in [-0.25, -0.2) is 0 Å². The Morgan fingerprint density at radius 2 is 1.89 bits per heavy atom. The summed E-state index contributed by atoms with van der Waals surface area (Å²) in [4.78, 5) is 14.9. The zero-order chi connectivity index (χ0) is 20.3. The number of hydrogen-bond acceptors (Lipinski definition) is 6. The van der Waals surface area contributed by atoms with E-state index in [-0.39, 0.29) is 5.91 Å². The van der Waals surface area contributed by atoms with E-state index in [4.69, 9.17) is 38.0 Å². The number of hydrogen-bond donors (Lipinski definition) is 0. The number of carbonyl (C=O) groups is 1. The van der Waals surface area contributed by atoms with Gasteiger partial charge in [0, 0.05) is 0 Å². The molecule has 0 spiro atoms. The number of benzene rings is 2. The maximum atomic E-state index is 12.9. The molecule has 0 bridgehead atoms. The monoisotopic (exact) mass is 435 g/mol. The van der Waals surface area contributed by atoms with E-state index in [0.29, 0.717) is 38.0 Å². The van der Waals surface area contributed by atoms with Gasteiger partial charge in [-0.2, -0.15) is 0 Å². The first kappa shape index (κ1) is 20.5. The summed E-state index contributed by atoms with van der Waals surface area (Å²) in [7, 11) is 3.05. The number of nitrogens with zero attached hydrogens (tertiary/aromatic N) is 1. The lowest BCUT2D eigenvalue weighted by molar-refractivity contribution is -0.113. The van der Waals surface area contributed by atoms with Gasteiger partial charge in [0.1, 0.15) is 5.75 Å². The molecule has 0 aliphatic carbocycles. The van der Waals surface area contributed by atoms with Crippen molar-refractivity contribution in [1.82, 2.24) is 0 Å². The summed E-state index contributed by atoms with van der Waals surface area (Å²) in [5.41, 5.74) is 1.41. The number of thiocarbonyl (C=S) groups is 1. The van der Waals surface area contributed by atoms with Crippen LogP contribution < -0.4 is 19.1 Å². The SMILES string of the molecule is CCOc1ccc(N2C(=O)/C(=C/c3cc(Cl)c(OC)c(OC)c3)SC2=S)cc1. The van der Waals surface area contributed by atoms with Crippen molar-refractivity contribution in [2.45, 2.75) is 6.92 Å². The predicted octanol–water partition coefficient (Wildman–Crippen LogP) is 5.16. The summed E-state index contributed by atoms with van der Waals surface area (Å²) in [5, 5.41) is 0.398. The number of halogens is 1. The fourth-order valence-electron chi connectivity index (χ4n) is 2.72. The molecule has 1 fully saturated rings. The van der Waals surface area contributed by atoms with Crippen LogP contribution in [0.2, 0.25) is 5.02 Å². The third kappa shape index (κ3) is 4.11. The Balaban J connectivity index is 1.90. The zero-order valence-corrected chi connectivity index (χ0v) is 17.9. The summed E-state index contributed by atoms with van der Waals surface area (Å²) in [5.74, 6) is 1.49. The van der Waals surface area contributed by atoms with Gasteiger partial charge in [-0.05, 0) is 55.0 Å². The van der Waals surface area contributed by atoms with Crippen LogP contribution in [0.5, 0.6) is 17.2 Å². The van der Waals surface area contributed by atoms with Crippen molar-refractivity contribution in [1.29, 1.82) is 0 Å². The second-order valence-corrected chi connectivity index (χ2v) is 7.77. The summed E-state index contributed by atoms with van der Waals surface area (Å²) >= 11 is 12.9. The molecule has 2 aromatic rings. The molecule has 1 aliphatic heterocycles. The number of methoxy groups -OCH3 is 2. The van der Waals surface area contributed by atoms with Crippen molar-refractivity contribution in [2.75, 3.05) is 25.7 Å². The van der Waals surface area contributed by atoms with E-state index in [1.165, 1.54) is 30.9 Å². The summed E-state index contributed by atoms with van der Waals surface area (Å²) in [6, 6.07) is 10.7. The minimum Gasteiger partial charge on any atom is -0.494 e. The van der Waals surface area contributed by atoms with Gasteiger partial charge in [0.25, 0.3) is 5.91 Å². The average molecular weight is 436 g/mol. The van der Waals surface area contributed by atoms with Gasteiger partial charge < -0.3 is 14.2 Å². The van der Waals surface area contributed by atoms with Gasteiger partial charge in [-0.1, -0.05) is 35.6 Å². The minimum atomic E-state index is -0.190. The summed E-state index contributed by atoms with van der Waals surface area (Å²) < 4.78 is 16.5. The number of amides is 1. The largest absolute Gasteiger partial charge is 0.494 e. The highest BCUT2D eigenvalue weighted by atomic mass is 35.5. The van der Waals surface area contributed by atoms with Crippen molar-refractivity contribution in [3.63, 3.8) is 0 Å². The van der Waals surface area contributed by atoms with Gasteiger partial charge >= 0.3 is 0 Å². The van der Waals surface area contributed by atoms with Crippen LogP contribution in [0.25, 0.3) is 6.08 Å². The van der Waals surface area contributed by atoms with E-state index >= 15 is 0 Å². The Labute approximate surface area is 178 Å². The Morgan fingerprint density at radius 3 is 2.50 bits per heavy atom. The third-order valence-electron chi connectivity index (χ3n) is 3.95. The van der Waals surface area contributed by atoms with E-state index in [0.717, 1.165) is 11.3 Å². The van der Waals surface area contributed by atoms with E-state index in [1.54, 1.807) is 18.2 Å². The molecular weight excluding hydrogens is 418 g/mol. The number of ether oxygens (including phenoxy) is 3. The van der Waals surface area contributed by atoms with Crippen molar-refractivity contribution in [3.05, 3.63) is 51.9 Å². The first-order valence-electron chi connectivity index (χ1n) is 8.40. The third-order valence-corrected chi connectivity index (χ3v) is 5.54. The molecule has 3 rings (SSSR count). The molecule has 1 saturated heterocycles. The van der Waals surface area contributed by atoms with Gasteiger partial charge in [0.15, 0.2) is 15.8 Å². The molecule has 1 heterocycles. The summed E-state index contributed by atoms with van der Waals surface area (Å²) in [6.07, 6.45) is 1.74. The molecule has 2 aromatic carbocycles. The van der Waals surface area contributed by atoms with Crippen LogP contribution in [0.15, 0.2) is 41.3 Å². The molecule has 28 heavy (non-hydrogen) atoms. The second kappa shape index (κ2) is 8.86. The van der Waals surface area contributed by atoms with Crippen LogP contribution in [-0.2, 0) is 4.79 Å². The molecule has 0 aromatic heterocycles. The van der Waals surface area contributed by atoms with Crippen molar-refractivity contribution in [3.8, 4) is 17.2 Å². The molecule has 0 unspecified atom stereocenters. The molecule has 1 amide bonds. The molecule has 146 valence electrons. The standard InChI is InChI=1S/C20H18ClNO4S2/c1-4-26-14-7-5-13(6-8-14)22-19(23)17(28-20(22)27)11-12-9-15(21)18(25-3)16(10-12)24-2/h5-11H,4H2,1-3H3/b17-11-. The smallest absolute Gasteiger partial charge is 0.270 e. The molecule has 0 N–H and O–H groups in total. The Hall–Kier alpha value is -2.22. The maximum Gasteiger partial charge on any atom is 0.270 e. The zero-order valence-electron chi connectivity index (χ0n) is 15.5. The van der Waals surface area contributed by atoms with Gasteiger partial charge in [0.2, 0.25) is 0 Å². The second-order valence-electron chi connectivity index (χ2n) is 5.68. The van der Waals surface area contributed by atoms with Gasteiger partial charge in [-0.15, -0.1) is 0 Å². The van der Waals surface area contributed by atoms with Crippen LogP contribution in [0.4, 0.5) is 5.69 Å². The highest BCUT2D eigenvalue weighted by Crippen LogP contribution is 2.40. The topological polar surface area (TPSA) is 48.0 Å². The quantitative estimate of drug-likeness (QED) is 0.461. The van der Waals surface area contributed by atoms with E-state index in [2.05, 4.69) is 0 Å². The van der Waals surface area contributed by atoms with Crippen molar-refractivity contribution >= 4 is 57.6 Å². The number of anilines is 1. The normalized spacial score (nSPS) is 15.3. The highest BCUT2D eigenvalue weighted by molar-refractivity contribution is 8.27. The lowest BCUT2D eigenvalue weighted by Gasteiger charge is -2.15. The molecular formula is C20H18ClNO4S2. The average Bonchev–Trinajstić information content (AvgIpc) is 2.95. The number of carbonyl (C=O) groups excluding carboxylic acids is 1. The van der Waals surface area contributed by atoms with E-state index < -0.39 is 0 Å². The van der Waals surface area contributed by atoms with E-state index in [9.17, 15) is 4.79 Å². The minimum absolute atomic E-state index is 0.190. The first-order chi connectivity index (χ1) is 13.5. The van der Waals surface area contributed by atoms with Crippen molar-refractivity contribution < 1.29 is 19.0 Å². The van der Waals surface area contributed by atoms with Crippen LogP contribution in [0, 0.1) is 0 Å². The number of rotatable bonds is 6. The highest BCUT2D eigenvalue weighted by Gasteiger charge is 2.33. The first-order valence-corrected chi connectivity index (χ1v) is 10.0. The van der Waals surface area contributed by atoms with Crippen molar-refractivity contribution in [2.24, 2.45) is 0 Å². The lowest BCUT2D eigenvalue weighted by atomic mass is 10.1. The van der Waals surface area contributed by atoms with E-state index in [1.807, 2.05) is 31.2 Å². The summed E-state index contributed by atoms with van der Waals surface area (Å²) in [6.45, 7) is 2.50. The Bertz CT molecular complexity index is 944. The molecule has 0 saturated carbocycles. The van der Waals surface area contributed by atoms with Gasteiger partial charge in [0.05, 0.1) is 36.4 Å². The molecule has 8 heteroatoms. The Kier molecular flexibility index (Phi) is 6.49. The Morgan fingerprint density at radius 1 is 1.18 bits per heavy atom. The fourth-order valence-corrected chi connectivity index (χ4v) is 4.32. The predicted molar refractivity (Wildman–Crippen MR) is 118 cm³/mol. The molecule has 5 nitrogen and oxygen atoms in total. The molecule has 1 aliphatic rings. The molecule has 0 radical (unpaired) electrons. The van der Waals surface area contributed by atoms with Crippen LogP contribution >= 0.6 is 35.6 Å². The van der Waals surface area contributed by atoms with Crippen LogP contribution in [-0.4, -0.2) is 31.1 Å². The van der Waals surface area contributed by atoms with Crippen LogP contribution in [0.3, 0.4) is 0 Å². The van der Waals surface area contributed by atoms with Crippen LogP contribution in [0.1, 0.15) is 12.5 Å². The molecule has 0 atom stereocenters. The number of thioether (sulfide) groups is 1. The van der Waals surface area contributed by atoms with Gasteiger partial charge in [-0.3, -0.25) is 9.69 Å².